The lowest BCUT2D eigenvalue weighted by molar-refractivity contribution is 0.100. The number of Topliss-reactive ketones (excluding diaryl/α,β-unsaturated/α-hetero) is 1. The van der Waals surface area contributed by atoms with Gasteiger partial charge in [-0.2, -0.15) is 0 Å². The molecule has 1 aromatic carbocycles. The number of anilines is 1. The fourth-order valence-electron chi connectivity index (χ4n) is 1.37. The third-order valence-electron chi connectivity index (χ3n) is 2.28. The van der Waals surface area contributed by atoms with Crippen molar-refractivity contribution >= 4 is 39.8 Å². The standard InChI is InChI=1S/C12H8ClFN2O2S/c1-6(17)9-5-19-12(15-9)16-11(18)10-7(13)3-2-4-8(10)14/h2-5H,1H3,(H,15,16,18). The minimum atomic E-state index is -0.714. The Kier molecular flexibility index (Phi) is 3.92. The van der Waals surface area contributed by atoms with E-state index in [0.29, 0.717) is 0 Å². The summed E-state index contributed by atoms with van der Waals surface area (Å²) in [4.78, 5) is 26.9. The van der Waals surface area contributed by atoms with Crippen molar-refractivity contribution in [1.82, 2.24) is 4.98 Å². The molecule has 0 aliphatic heterocycles. The predicted molar refractivity (Wildman–Crippen MR) is 71.5 cm³/mol. The number of ketones is 1. The number of carbonyl (C=O) groups excluding carboxylic acids is 2. The first-order valence-electron chi connectivity index (χ1n) is 5.21. The molecule has 0 radical (unpaired) electrons. The third-order valence-corrected chi connectivity index (χ3v) is 3.35. The van der Waals surface area contributed by atoms with E-state index in [4.69, 9.17) is 11.6 Å². The van der Waals surface area contributed by atoms with E-state index in [1.165, 1.54) is 24.4 Å². The molecule has 4 nitrogen and oxygen atoms in total. The molecule has 2 aromatic rings. The molecule has 1 heterocycles. The smallest absolute Gasteiger partial charge is 0.261 e. The topological polar surface area (TPSA) is 59.1 Å². The number of thiazole rings is 1. The second-order valence-corrected chi connectivity index (χ2v) is 4.91. The van der Waals surface area contributed by atoms with Crippen LogP contribution in [-0.2, 0) is 0 Å². The molecule has 7 heteroatoms. The number of carbonyl (C=O) groups is 2. The van der Waals surface area contributed by atoms with Crippen LogP contribution < -0.4 is 5.32 Å². The van der Waals surface area contributed by atoms with Crippen molar-refractivity contribution in [3.05, 3.63) is 45.7 Å². The number of nitrogens with zero attached hydrogens (tertiary/aromatic N) is 1. The summed E-state index contributed by atoms with van der Waals surface area (Å²) in [5.41, 5.74) is 0.00340. The number of benzene rings is 1. The van der Waals surface area contributed by atoms with Crippen LogP contribution >= 0.6 is 22.9 Å². The summed E-state index contributed by atoms with van der Waals surface area (Å²) < 4.78 is 13.5. The second-order valence-electron chi connectivity index (χ2n) is 3.64. The predicted octanol–water partition coefficient (Wildman–Crippen LogP) is 3.39. The molecule has 0 unspecified atom stereocenters. The number of halogens is 2. The van der Waals surface area contributed by atoms with Crippen LogP contribution in [0.15, 0.2) is 23.6 Å². The van der Waals surface area contributed by atoms with Crippen LogP contribution in [0.1, 0.15) is 27.8 Å². The van der Waals surface area contributed by atoms with Gasteiger partial charge in [-0.15, -0.1) is 11.3 Å². The van der Waals surface area contributed by atoms with Gasteiger partial charge in [-0.25, -0.2) is 9.37 Å². The van der Waals surface area contributed by atoms with Crippen molar-refractivity contribution < 1.29 is 14.0 Å². The highest BCUT2D eigenvalue weighted by Crippen LogP contribution is 2.22. The molecule has 1 aromatic heterocycles. The van der Waals surface area contributed by atoms with Gasteiger partial charge in [0.15, 0.2) is 10.9 Å². The molecular weight excluding hydrogens is 291 g/mol. The van der Waals surface area contributed by atoms with Crippen molar-refractivity contribution in [3.8, 4) is 0 Å². The van der Waals surface area contributed by atoms with Gasteiger partial charge in [0.05, 0.1) is 10.6 Å². The van der Waals surface area contributed by atoms with Crippen molar-refractivity contribution in [3.63, 3.8) is 0 Å². The van der Waals surface area contributed by atoms with Crippen LogP contribution in [0.25, 0.3) is 0 Å². The third kappa shape index (κ3) is 2.97. The molecule has 0 saturated carbocycles. The van der Waals surface area contributed by atoms with Crippen LogP contribution in [-0.4, -0.2) is 16.7 Å². The SMILES string of the molecule is CC(=O)c1csc(NC(=O)c2c(F)cccc2Cl)n1. The van der Waals surface area contributed by atoms with Gasteiger partial charge in [0.2, 0.25) is 0 Å². The first kappa shape index (κ1) is 13.6. The highest BCUT2D eigenvalue weighted by molar-refractivity contribution is 7.14. The Labute approximate surface area is 117 Å². The molecule has 0 saturated heterocycles. The summed E-state index contributed by atoms with van der Waals surface area (Å²) in [6.07, 6.45) is 0. The van der Waals surface area contributed by atoms with E-state index >= 15 is 0 Å². The van der Waals surface area contributed by atoms with E-state index in [-0.39, 0.29) is 27.2 Å². The zero-order valence-corrected chi connectivity index (χ0v) is 11.3. The fourth-order valence-corrected chi connectivity index (χ4v) is 2.36. The van der Waals surface area contributed by atoms with Gasteiger partial charge in [0.1, 0.15) is 11.5 Å². The van der Waals surface area contributed by atoms with Gasteiger partial charge in [-0.05, 0) is 12.1 Å². The highest BCUT2D eigenvalue weighted by atomic mass is 35.5. The van der Waals surface area contributed by atoms with E-state index in [0.717, 1.165) is 17.4 Å². The van der Waals surface area contributed by atoms with Crippen molar-refractivity contribution in [2.24, 2.45) is 0 Å². The van der Waals surface area contributed by atoms with Crippen LogP contribution in [0.2, 0.25) is 5.02 Å². The molecule has 0 aliphatic carbocycles. The largest absolute Gasteiger partial charge is 0.298 e. The Morgan fingerprint density at radius 1 is 1.42 bits per heavy atom. The summed E-state index contributed by atoms with van der Waals surface area (Å²) in [6.45, 7) is 1.37. The Morgan fingerprint density at radius 2 is 2.16 bits per heavy atom. The van der Waals surface area contributed by atoms with Crippen molar-refractivity contribution in [2.75, 3.05) is 5.32 Å². The maximum Gasteiger partial charge on any atom is 0.261 e. The Balaban J connectivity index is 2.23. The molecule has 0 atom stereocenters. The van der Waals surface area contributed by atoms with E-state index < -0.39 is 11.7 Å². The minimum Gasteiger partial charge on any atom is -0.298 e. The normalized spacial score (nSPS) is 10.3. The van der Waals surface area contributed by atoms with Crippen LogP contribution in [0, 0.1) is 5.82 Å². The van der Waals surface area contributed by atoms with Gasteiger partial charge in [0, 0.05) is 12.3 Å². The summed E-state index contributed by atoms with van der Waals surface area (Å²) in [5, 5.41) is 4.15. The molecule has 1 amide bonds. The Hall–Kier alpha value is -1.79. The number of rotatable bonds is 3. The lowest BCUT2D eigenvalue weighted by atomic mass is 10.2. The first-order valence-corrected chi connectivity index (χ1v) is 6.46. The van der Waals surface area contributed by atoms with Crippen LogP contribution in [0.5, 0.6) is 0 Å². The van der Waals surface area contributed by atoms with Crippen molar-refractivity contribution in [1.29, 1.82) is 0 Å². The van der Waals surface area contributed by atoms with Gasteiger partial charge in [-0.1, -0.05) is 17.7 Å². The van der Waals surface area contributed by atoms with Crippen molar-refractivity contribution in [2.45, 2.75) is 6.92 Å². The average Bonchev–Trinajstić information content (AvgIpc) is 2.77. The van der Waals surface area contributed by atoms with E-state index in [1.807, 2.05) is 0 Å². The maximum absolute atomic E-state index is 13.5. The molecule has 0 aliphatic rings. The molecule has 98 valence electrons. The van der Waals surface area contributed by atoms with Gasteiger partial charge < -0.3 is 0 Å². The first-order chi connectivity index (χ1) is 8.99. The lowest BCUT2D eigenvalue weighted by Crippen LogP contribution is -2.14. The molecule has 0 fully saturated rings. The number of aromatic nitrogens is 1. The van der Waals surface area contributed by atoms with E-state index in [1.54, 1.807) is 0 Å². The van der Waals surface area contributed by atoms with E-state index in [9.17, 15) is 14.0 Å². The van der Waals surface area contributed by atoms with Crippen LogP contribution in [0.3, 0.4) is 0 Å². The number of hydrogen-bond donors (Lipinski definition) is 1. The summed E-state index contributed by atoms with van der Waals surface area (Å²) in [6, 6.07) is 3.97. The number of hydrogen-bond acceptors (Lipinski definition) is 4. The van der Waals surface area contributed by atoms with Gasteiger partial charge >= 0.3 is 0 Å². The summed E-state index contributed by atoms with van der Waals surface area (Å²) in [5.74, 6) is -1.62. The number of amides is 1. The molecule has 2 rings (SSSR count). The zero-order valence-electron chi connectivity index (χ0n) is 9.74. The molecule has 1 N–H and O–H groups in total. The molecule has 0 bridgehead atoms. The van der Waals surface area contributed by atoms with Gasteiger partial charge in [-0.3, -0.25) is 14.9 Å². The number of nitrogens with one attached hydrogen (secondary N) is 1. The fraction of sp³-hybridized carbons (Fsp3) is 0.0833. The Morgan fingerprint density at radius 3 is 2.74 bits per heavy atom. The average molecular weight is 299 g/mol. The van der Waals surface area contributed by atoms with Crippen LogP contribution in [0.4, 0.5) is 9.52 Å². The summed E-state index contributed by atoms with van der Waals surface area (Å²) in [7, 11) is 0. The molecule has 19 heavy (non-hydrogen) atoms. The second kappa shape index (κ2) is 5.46. The quantitative estimate of drug-likeness (QED) is 0.884. The van der Waals surface area contributed by atoms with E-state index in [2.05, 4.69) is 10.3 Å². The maximum atomic E-state index is 13.5. The minimum absolute atomic E-state index is 0.0147. The molecular formula is C12H8ClFN2O2S. The highest BCUT2D eigenvalue weighted by Gasteiger charge is 2.17. The summed E-state index contributed by atoms with van der Waals surface area (Å²) >= 11 is 6.86. The zero-order chi connectivity index (χ0) is 14.0. The van der Waals surface area contributed by atoms with Gasteiger partial charge in [0.25, 0.3) is 5.91 Å². The Bertz CT molecular complexity index is 637. The molecule has 0 spiro atoms. The lowest BCUT2D eigenvalue weighted by Gasteiger charge is -2.04. The monoisotopic (exact) mass is 298 g/mol.